The molecule has 72 valence electrons. The molecule has 1 aliphatic heterocycles. The van der Waals surface area contributed by atoms with E-state index in [-0.39, 0.29) is 5.78 Å². The summed E-state index contributed by atoms with van der Waals surface area (Å²) in [4.78, 5) is 11.1. The molecule has 2 nitrogen and oxygen atoms in total. The van der Waals surface area contributed by atoms with E-state index in [9.17, 15) is 4.79 Å². The third-order valence-electron chi connectivity index (χ3n) is 2.14. The number of carbonyl (C=O) groups is 1. The van der Waals surface area contributed by atoms with Gasteiger partial charge in [-0.15, -0.1) is 0 Å². The molecular weight excluding hydrogens is 200 g/mol. The van der Waals surface area contributed by atoms with Gasteiger partial charge >= 0.3 is 0 Å². The molecule has 0 amide bonds. The summed E-state index contributed by atoms with van der Waals surface area (Å²) < 4.78 is 5.40. The van der Waals surface area contributed by atoms with Crippen LogP contribution in [0.25, 0.3) is 6.08 Å². The number of fused-ring (bicyclic) bond motifs is 1. The molecule has 14 heavy (non-hydrogen) atoms. The lowest BCUT2D eigenvalue weighted by atomic mass is 10.1. The summed E-state index contributed by atoms with van der Waals surface area (Å²) in [6, 6.07) is 5.37. The van der Waals surface area contributed by atoms with E-state index in [2.05, 4.69) is 0 Å². The Balaban J connectivity index is 2.47. The van der Waals surface area contributed by atoms with Gasteiger partial charge in [-0.1, -0.05) is 11.6 Å². The van der Waals surface area contributed by atoms with E-state index in [1.165, 1.54) is 6.92 Å². The Hall–Kier alpha value is -1.28. The zero-order chi connectivity index (χ0) is 10.1. The van der Waals surface area contributed by atoms with E-state index in [0.29, 0.717) is 17.2 Å². The van der Waals surface area contributed by atoms with Crippen LogP contribution in [0.15, 0.2) is 23.8 Å². The number of ketones is 1. The fourth-order valence-corrected chi connectivity index (χ4v) is 1.53. The Labute approximate surface area is 87.1 Å². The fraction of sp³-hybridized carbons (Fsp3) is 0.182. The lowest BCUT2D eigenvalue weighted by molar-refractivity contribution is -0.113. The number of hydrogen-bond donors (Lipinski definition) is 0. The molecule has 0 aromatic heterocycles. The molecule has 3 heteroatoms. The first-order chi connectivity index (χ1) is 6.66. The maximum Gasteiger partial charge on any atom is 0.159 e. The summed E-state index contributed by atoms with van der Waals surface area (Å²) >= 11 is 5.83. The number of benzene rings is 1. The third kappa shape index (κ3) is 1.66. The summed E-state index contributed by atoms with van der Waals surface area (Å²) in [5, 5.41) is 0.647. The largest absolute Gasteiger partial charge is 0.488 e. The summed E-state index contributed by atoms with van der Waals surface area (Å²) in [7, 11) is 0. The van der Waals surface area contributed by atoms with Gasteiger partial charge in [-0.25, -0.2) is 0 Å². The Morgan fingerprint density at radius 1 is 1.50 bits per heavy atom. The van der Waals surface area contributed by atoms with E-state index in [4.69, 9.17) is 16.3 Å². The van der Waals surface area contributed by atoms with Gasteiger partial charge in [0, 0.05) is 16.2 Å². The summed E-state index contributed by atoms with van der Waals surface area (Å²) in [6.07, 6.45) is 1.83. The van der Waals surface area contributed by atoms with Crippen molar-refractivity contribution in [2.75, 3.05) is 6.61 Å². The first-order valence-corrected chi connectivity index (χ1v) is 4.68. The smallest absolute Gasteiger partial charge is 0.159 e. The monoisotopic (exact) mass is 208 g/mol. The zero-order valence-corrected chi connectivity index (χ0v) is 8.47. The van der Waals surface area contributed by atoms with E-state index in [1.807, 2.05) is 12.1 Å². The first kappa shape index (κ1) is 9.28. The molecular formula is C11H9ClO2. The normalized spacial score (nSPS) is 14.0. The van der Waals surface area contributed by atoms with Gasteiger partial charge in [0.05, 0.1) is 0 Å². The van der Waals surface area contributed by atoms with Gasteiger partial charge in [-0.3, -0.25) is 4.79 Å². The Morgan fingerprint density at radius 2 is 2.29 bits per heavy atom. The molecule has 1 aliphatic rings. The number of hydrogen-bond acceptors (Lipinski definition) is 2. The third-order valence-corrected chi connectivity index (χ3v) is 2.37. The maximum atomic E-state index is 11.1. The van der Waals surface area contributed by atoms with Crippen LogP contribution >= 0.6 is 11.6 Å². The molecule has 0 radical (unpaired) electrons. The first-order valence-electron chi connectivity index (χ1n) is 4.30. The van der Waals surface area contributed by atoms with Crippen molar-refractivity contribution in [3.05, 3.63) is 34.4 Å². The maximum absolute atomic E-state index is 11.1. The van der Waals surface area contributed by atoms with Crippen LogP contribution in [0.4, 0.5) is 0 Å². The van der Waals surface area contributed by atoms with Crippen molar-refractivity contribution >= 4 is 23.5 Å². The van der Waals surface area contributed by atoms with Gasteiger partial charge in [-0.2, -0.15) is 0 Å². The van der Waals surface area contributed by atoms with E-state index < -0.39 is 0 Å². The van der Waals surface area contributed by atoms with Crippen LogP contribution in [-0.4, -0.2) is 12.4 Å². The molecule has 0 aliphatic carbocycles. The van der Waals surface area contributed by atoms with Crippen LogP contribution in [0.1, 0.15) is 12.5 Å². The summed E-state index contributed by atoms with van der Waals surface area (Å²) in [6.45, 7) is 1.88. The highest BCUT2D eigenvalue weighted by Gasteiger charge is 2.14. The minimum Gasteiger partial charge on any atom is -0.488 e. The molecule has 0 atom stereocenters. The van der Waals surface area contributed by atoms with Gasteiger partial charge < -0.3 is 4.74 Å². The quantitative estimate of drug-likeness (QED) is 0.710. The minimum absolute atomic E-state index is 0.0376. The second-order valence-corrected chi connectivity index (χ2v) is 3.63. The standard InChI is InChI=1S/C11H9ClO2/c1-7(13)9-4-8-5-10(12)2-3-11(8)14-6-9/h2-5H,6H2,1H3. The lowest BCUT2D eigenvalue weighted by Crippen LogP contribution is -2.12. The highest BCUT2D eigenvalue weighted by molar-refractivity contribution is 6.30. The molecule has 1 aromatic rings. The van der Waals surface area contributed by atoms with Crippen LogP contribution in [0, 0.1) is 0 Å². The predicted molar refractivity (Wildman–Crippen MR) is 55.6 cm³/mol. The van der Waals surface area contributed by atoms with E-state index in [1.54, 1.807) is 12.1 Å². The fourth-order valence-electron chi connectivity index (χ4n) is 1.35. The molecule has 0 saturated heterocycles. The molecule has 2 rings (SSSR count). The molecule has 0 unspecified atom stereocenters. The van der Waals surface area contributed by atoms with Gasteiger partial charge in [0.25, 0.3) is 0 Å². The van der Waals surface area contributed by atoms with Crippen LogP contribution in [-0.2, 0) is 4.79 Å². The topological polar surface area (TPSA) is 26.3 Å². The molecule has 0 fully saturated rings. The Bertz CT molecular complexity index is 421. The van der Waals surface area contributed by atoms with Crippen molar-refractivity contribution in [3.8, 4) is 5.75 Å². The lowest BCUT2D eigenvalue weighted by Gasteiger charge is -2.16. The van der Waals surface area contributed by atoms with Crippen molar-refractivity contribution in [2.45, 2.75) is 6.92 Å². The average Bonchev–Trinajstić information content (AvgIpc) is 2.16. The van der Waals surface area contributed by atoms with Crippen molar-refractivity contribution < 1.29 is 9.53 Å². The number of Topliss-reactive ketones (excluding diaryl/α,β-unsaturated/α-hetero) is 1. The van der Waals surface area contributed by atoms with E-state index >= 15 is 0 Å². The summed E-state index contributed by atoms with van der Waals surface area (Å²) in [5.41, 5.74) is 1.55. The van der Waals surface area contributed by atoms with Gasteiger partial charge in [0.2, 0.25) is 0 Å². The zero-order valence-electron chi connectivity index (χ0n) is 7.71. The molecule has 0 spiro atoms. The number of rotatable bonds is 1. The Morgan fingerprint density at radius 3 is 3.00 bits per heavy atom. The number of ether oxygens (including phenoxy) is 1. The summed E-state index contributed by atoms with van der Waals surface area (Å²) in [5.74, 6) is 0.815. The predicted octanol–water partition coefficient (Wildman–Crippen LogP) is 2.70. The minimum atomic E-state index is 0.0376. The molecule has 1 heterocycles. The van der Waals surface area contributed by atoms with Crippen LogP contribution in [0.2, 0.25) is 5.02 Å². The van der Waals surface area contributed by atoms with Gasteiger partial charge in [0.1, 0.15) is 12.4 Å². The van der Waals surface area contributed by atoms with Crippen LogP contribution < -0.4 is 4.74 Å². The van der Waals surface area contributed by atoms with Crippen LogP contribution in [0.3, 0.4) is 0 Å². The van der Waals surface area contributed by atoms with E-state index in [0.717, 1.165) is 11.3 Å². The second-order valence-electron chi connectivity index (χ2n) is 3.20. The van der Waals surface area contributed by atoms with Crippen molar-refractivity contribution in [1.82, 2.24) is 0 Å². The van der Waals surface area contributed by atoms with Crippen molar-refractivity contribution in [2.24, 2.45) is 0 Å². The molecule has 0 N–H and O–H groups in total. The Kier molecular flexibility index (Phi) is 2.30. The van der Waals surface area contributed by atoms with Crippen molar-refractivity contribution in [1.29, 1.82) is 0 Å². The molecule has 0 saturated carbocycles. The molecule has 0 bridgehead atoms. The molecule has 1 aromatic carbocycles. The van der Waals surface area contributed by atoms with Gasteiger partial charge in [0.15, 0.2) is 5.78 Å². The van der Waals surface area contributed by atoms with Crippen LogP contribution in [0.5, 0.6) is 5.75 Å². The van der Waals surface area contributed by atoms with Crippen molar-refractivity contribution in [3.63, 3.8) is 0 Å². The average molecular weight is 209 g/mol. The highest BCUT2D eigenvalue weighted by atomic mass is 35.5. The highest BCUT2D eigenvalue weighted by Crippen LogP contribution is 2.28. The number of carbonyl (C=O) groups excluding carboxylic acids is 1. The number of halogens is 1. The van der Waals surface area contributed by atoms with Gasteiger partial charge in [-0.05, 0) is 31.2 Å². The second kappa shape index (κ2) is 3.46. The SMILES string of the molecule is CC(=O)C1=Cc2cc(Cl)ccc2OC1.